The molecule has 1 heterocycles. The van der Waals surface area contributed by atoms with Crippen LogP contribution in [0.4, 0.5) is 4.39 Å². The van der Waals surface area contributed by atoms with Crippen LogP contribution >= 0.6 is 0 Å². The van der Waals surface area contributed by atoms with E-state index < -0.39 is 11.4 Å². The molecule has 1 amide bonds. The maximum atomic E-state index is 13.3. The van der Waals surface area contributed by atoms with E-state index in [9.17, 15) is 14.0 Å². The summed E-state index contributed by atoms with van der Waals surface area (Å²) in [5.41, 5.74) is -0.0518. The van der Waals surface area contributed by atoms with Crippen LogP contribution in [0, 0.1) is 17.1 Å². The van der Waals surface area contributed by atoms with Gasteiger partial charge in [-0.05, 0) is 18.2 Å². The Kier molecular flexibility index (Phi) is 5.44. The molecule has 0 aliphatic heterocycles. The number of aromatic amines is 1. The average Bonchev–Trinajstić information content (AvgIpc) is 2.53. The molecule has 1 aromatic carbocycles. The maximum absolute atomic E-state index is 13.3. The zero-order valence-corrected chi connectivity index (χ0v) is 12.6. The van der Waals surface area contributed by atoms with Gasteiger partial charge in [0.1, 0.15) is 5.82 Å². The van der Waals surface area contributed by atoms with Crippen molar-refractivity contribution in [3.8, 4) is 6.07 Å². The number of nitrogens with zero attached hydrogens (tertiary/aromatic N) is 2. The number of nitrogens with one attached hydrogen (secondary N) is 1. The minimum Gasteiger partial charge on any atom is -0.383 e. The molecule has 0 atom stereocenters. The van der Waals surface area contributed by atoms with Crippen molar-refractivity contribution in [1.29, 1.82) is 5.26 Å². The molecule has 0 fully saturated rings. The highest BCUT2D eigenvalue weighted by atomic mass is 19.1. The molecule has 120 valence electrons. The second-order valence-corrected chi connectivity index (χ2v) is 4.93. The first-order valence-electron chi connectivity index (χ1n) is 7.04. The van der Waals surface area contributed by atoms with Crippen molar-refractivity contribution in [2.45, 2.75) is 6.42 Å². The Morgan fingerprint density at radius 2 is 2.17 bits per heavy atom. The van der Waals surface area contributed by atoms with E-state index in [2.05, 4.69) is 4.98 Å². The van der Waals surface area contributed by atoms with Gasteiger partial charge in [-0.15, -0.1) is 0 Å². The minimum atomic E-state index is -0.501. The number of benzene rings is 1. The van der Waals surface area contributed by atoms with Crippen LogP contribution in [0.3, 0.4) is 0 Å². The van der Waals surface area contributed by atoms with E-state index in [4.69, 9.17) is 10.00 Å². The maximum Gasteiger partial charge on any atom is 0.254 e. The second-order valence-electron chi connectivity index (χ2n) is 4.93. The number of fused-ring (bicyclic) bond motifs is 1. The quantitative estimate of drug-likeness (QED) is 0.878. The van der Waals surface area contributed by atoms with E-state index in [-0.39, 0.29) is 30.0 Å². The summed E-state index contributed by atoms with van der Waals surface area (Å²) in [5.74, 6) is -0.890. The molecule has 0 bridgehead atoms. The number of amides is 1. The summed E-state index contributed by atoms with van der Waals surface area (Å²) in [7, 11) is 1.51. The molecule has 0 unspecified atom stereocenters. The van der Waals surface area contributed by atoms with Gasteiger partial charge in [0.15, 0.2) is 0 Å². The van der Waals surface area contributed by atoms with Gasteiger partial charge in [-0.25, -0.2) is 4.39 Å². The Balaban J connectivity index is 2.45. The van der Waals surface area contributed by atoms with Crippen LogP contribution in [0.1, 0.15) is 16.8 Å². The molecule has 1 N–H and O–H groups in total. The topological polar surface area (TPSA) is 86.2 Å². The number of hydrogen-bond donors (Lipinski definition) is 1. The monoisotopic (exact) mass is 317 g/mol. The zero-order chi connectivity index (χ0) is 16.8. The lowest BCUT2D eigenvalue weighted by molar-refractivity contribution is 0.0701. The molecule has 2 rings (SSSR count). The molecule has 7 heteroatoms. The lowest BCUT2D eigenvalue weighted by atomic mass is 10.1. The molecular formula is C16H16FN3O3. The molecule has 23 heavy (non-hydrogen) atoms. The number of nitriles is 1. The van der Waals surface area contributed by atoms with Gasteiger partial charge in [0.05, 0.1) is 30.2 Å². The van der Waals surface area contributed by atoms with Crippen LogP contribution < -0.4 is 5.56 Å². The van der Waals surface area contributed by atoms with Crippen molar-refractivity contribution in [2.75, 3.05) is 26.8 Å². The second kappa shape index (κ2) is 7.51. The summed E-state index contributed by atoms with van der Waals surface area (Å²) in [4.78, 5) is 28.4. The van der Waals surface area contributed by atoms with E-state index in [1.165, 1.54) is 36.3 Å². The van der Waals surface area contributed by atoms with Crippen molar-refractivity contribution >= 4 is 16.8 Å². The molecule has 2 aromatic rings. The molecule has 0 aliphatic rings. The van der Waals surface area contributed by atoms with Gasteiger partial charge in [-0.2, -0.15) is 5.26 Å². The van der Waals surface area contributed by atoms with Gasteiger partial charge in [-0.3, -0.25) is 9.59 Å². The van der Waals surface area contributed by atoms with Crippen LogP contribution in [0.15, 0.2) is 29.1 Å². The predicted molar refractivity (Wildman–Crippen MR) is 82.5 cm³/mol. The van der Waals surface area contributed by atoms with Crippen LogP contribution in [0.5, 0.6) is 0 Å². The third-order valence-electron chi connectivity index (χ3n) is 3.38. The van der Waals surface area contributed by atoms with Crippen LogP contribution in [-0.4, -0.2) is 42.6 Å². The molecule has 1 aromatic heterocycles. The highest BCUT2D eigenvalue weighted by molar-refractivity contribution is 6.05. The number of carbonyl (C=O) groups is 1. The minimum absolute atomic E-state index is 0.172. The predicted octanol–water partition coefficient (Wildman–Crippen LogP) is 1.67. The number of hydrogen-bond acceptors (Lipinski definition) is 4. The first-order chi connectivity index (χ1) is 11.1. The van der Waals surface area contributed by atoms with Gasteiger partial charge in [0.25, 0.3) is 5.91 Å². The first-order valence-corrected chi connectivity index (χ1v) is 7.04. The normalized spacial score (nSPS) is 10.5. The Labute approximate surface area is 132 Å². The third kappa shape index (κ3) is 3.93. The van der Waals surface area contributed by atoms with E-state index in [1.807, 2.05) is 6.07 Å². The van der Waals surface area contributed by atoms with Gasteiger partial charge in [0.2, 0.25) is 5.56 Å². The van der Waals surface area contributed by atoms with E-state index >= 15 is 0 Å². The standard InChI is InChI=1S/C16H16FN3O3/c1-23-8-7-20(6-2-5-18)16(22)13-10-15(21)19-14-9-11(17)3-4-12(13)14/h3-4,9-10H,2,6-8H2,1H3,(H,19,21). The molecule has 0 aliphatic carbocycles. The number of ether oxygens (including phenoxy) is 1. The number of rotatable bonds is 6. The molecular weight excluding hydrogens is 301 g/mol. The van der Waals surface area contributed by atoms with Crippen molar-refractivity contribution in [3.63, 3.8) is 0 Å². The number of methoxy groups -OCH3 is 1. The summed E-state index contributed by atoms with van der Waals surface area (Å²) in [6, 6.07) is 7.02. The van der Waals surface area contributed by atoms with E-state index in [1.54, 1.807) is 0 Å². The van der Waals surface area contributed by atoms with Crippen molar-refractivity contribution in [1.82, 2.24) is 9.88 Å². The Morgan fingerprint density at radius 3 is 2.87 bits per heavy atom. The highest BCUT2D eigenvalue weighted by Gasteiger charge is 2.19. The van der Waals surface area contributed by atoms with Crippen molar-refractivity contribution in [2.24, 2.45) is 0 Å². The molecule has 0 saturated heterocycles. The van der Waals surface area contributed by atoms with Crippen LogP contribution in [-0.2, 0) is 4.74 Å². The largest absolute Gasteiger partial charge is 0.383 e. The van der Waals surface area contributed by atoms with Crippen LogP contribution in [0.25, 0.3) is 10.9 Å². The fraction of sp³-hybridized carbons (Fsp3) is 0.312. The lowest BCUT2D eigenvalue weighted by Crippen LogP contribution is -2.35. The number of halogens is 1. The average molecular weight is 317 g/mol. The summed E-state index contributed by atoms with van der Waals surface area (Å²) >= 11 is 0. The third-order valence-corrected chi connectivity index (χ3v) is 3.38. The molecule has 0 saturated carbocycles. The Morgan fingerprint density at radius 1 is 1.39 bits per heavy atom. The highest BCUT2D eigenvalue weighted by Crippen LogP contribution is 2.18. The molecule has 6 nitrogen and oxygen atoms in total. The molecule has 0 spiro atoms. The van der Waals surface area contributed by atoms with E-state index in [0.717, 1.165) is 0 Å². The van der Waals surface area contributed by atoms with Gasteiger partial charge in [-0.1, -0.05) is 0 Å². The summed E-state index contributed by atoms with van der Waals surface area (Å²) in [5, 5.41) is 9.18. The SMILES string of the molecule is COCCN(CCC#N)C(=O)c1cc(=O)[nH]c2cc(F)ccc12. The smallest absolute Gasteiger partial charge is 0.254 e. The van der Waals surface area contributed by atoms with Crippen LogP contribution in [0.2, 0.25) is 0 Å². The Hall–Kier alpha value is -2.72. The first kappa shape index (κ1) is 16.6. The number of aromatic nitrogens is 1. The Bertz CT molecular complexity index is 810. The summed E-state index contributed by atoms with van der Waals surface area (Å²) in [6.07, 6.45) is 0.172. The lowest BCUT2D eigenvalue weighted by Gasteiger charge is -2.22. The summed E-state index contributed by atoms with van der Waals surface area (Å²) < 4.78 is 18.3. The van der Waals surface area contributed by atoms with Gasteiger partial charge < -0.3 is 14.6 Å². The zero-order valence-electron chi connectivity index (χ0n) is 12.6. The van der Waals surface area contributed by atoms with Crippen molar-refractivity contribution in [3.05, 3.63) is 46.0 Å². The fourth-order valence-corrected chi connectivity index (χ4v) is 2.28. The number of pyridine rings is 1. The number of carbonyl (C=O) groups excluding carboxylic acids is 1. The number of H-pyrrole nitrogens is 1. The van der Waals surface area contributed by atoms with Gasteiger partial charge in [0, 0.05) is 31.7 Å². The summed E-state index contributed by atoms with van der Waals surface area (Å²) in [6.45, 7) is 0.841. The molecule has 0 radical (unpaired) electrons. The van der Waals surface area contributed by atoms with Crippen molar-refractivity contribution < 1.29 is 13.9 Å². The van der Waals surface area contributed by atoms with Gasteiger partial charge >= 0.3 is 0 Å². The fourth-order valence-electron chi connectivity index (χ4n) is 2.28. The van der Waals surface area contributed by atoms with E-state index in [0.29, 0.717) is 18.5 Å².